The van der Waals surface area contributed by atoms with Crippen molar-refractivity contribution in [2.75, 3.05) is 25.1 Å². The molecule has 1 aromatic heterocycles. The third kappa shape index (κ3) is 3.99. The highest BCUT2D eigenvalue weighted by atomic mass is 16.5. The predicted octanol–water partition coefficient (Wildman–Crippen LogP) is 1.48. The first-order valence-corrected chi connectivity index (χ1v) is 7.37. The van der Waals surface area contributed by atoms with Gasteiger partial charge in [0.25, 0.3) is 0 Å². The van der Waals surface area contributed by atoms with Crippen molar-refractivity contribution in [3.63, 3.8) is 0 Å². The van der Waals surface area contributed by atoms with Gasteiger partial charge < -0.3 is 20.3 Å². The molecule has 0 saturated heterocycles. The quantitative estimate of drug-likeness (QED) is 0.688. The van der Waals surface area contributed by atoms with Crippen LogP contribution in [0.2, 0.25) is 0 Å². The smallest absolute Gasteiger partial charge is 0.119 e. The molecule has 0 radical (unpaired) electrons. The first-order chi connectivity index (χ1) is 10.7. The topological polar surface area (TPSA) is 79.5 Å². The number of aryl methyl sites for hydroxylation is 1. The summed E-state index contributed by atoms with van der Waals surface area (Å²) in [6.45, 7) is 5.58. The number of hydrogen-bond acceptors (Lipinski definition) is 5. The van der Waals surface area contributed by atoms with Crippen molar-refractivity contribution in [3.8, 4) is 5.75 Å². The van der Waals surface area contributed by atoms with Crippen molar-refractivity contribution >= 4 is 5.69 Å². The minimum atomic E-state index is 0.0103. The van der Waals surface area contributed by atoms with Crippen molar-refractivity contribution in [3.05, 3.63) is 41.2 Å². The molecule has 0 saturated carbocycles. The lowest BCUT2D eigenvalue weighted by molar-refractivity contribution is 0.201. The summed E-state index contributed by atoms with van der Waals surface area (Å²) in [5, 5.41) is 25.6. The normalized spacial score (nSPS) is 10.7. The minimum Gasteiger partial charge on any atom is -0.491 e. The molecule has 1 heterocycles. The molecule has 6 nitrogen and oxygen atoms in total. The van der Waals surface area contributed by atoms with Crippen LogP contribution in [-0.2, 0) is 13.1 Å². The number of ether oxygens (including phenoxy) is 1. The molecule has 6 heteroatoms. The highest BCUT2D eigenvalue weighted by Gasteiger charge is 2.10. The van der Waals surface area contributed by atoms with E-state index in [0.717, 1.165) is 28.4 Å². The summed E-state index contributed by atoms with van der Waals surface area (Å²) in [6.07, 6.45) is 0. The molecule has 0 amide bonds. The number of aliphatic hydroxyl groups excluding tert-OH is 2. The average Bonchev–Trinajstić information content (AvgIpc) is 2.79. The number of hydrogen-bond donors (Lipinski definition) is 3. The molecule has 0 atom stereocenters. The fourth-order valence-electron chi connectivity index (χ4n) is 2.33. The number of aromatic nitrogens is 2. The van der Waals surface area contributed by atoms with E-state index in [1.807, 2.05) is 42.8 Å². The molecule has 2 aromatic rings. The summed E-state index contributed by atoms with van der Waals surface area (Å²) < 4.78 is 7.16. The molecule has 0 aliphatic rings. The summed E-state index contributed by atoms with van der Waals surface area (Å²) in [5.41, 5.74) is 4.18. The number of aliphatic hydroxyl groups is 2. The van der Waals surface area contributed by atoms with Gasteiger partial charge in [0.1, 0.15) is 12.4 Å². The molecule has 2 rings (SSSR count). The summed E-state index contributed by atoms with van der Waals surface area (Å²) in [4.78, 5) is 0. The Kier molecular flexibility index (Phi) is 5.80. The third-order valence-corrected chi connectivity index (χ3v) is 3.53. The van der Waals surface area contributed by atoms with Gasteiger partial charge in [-0.05, 0) is 38.1 Å². The first kappa shape index (κ1) is 16.3. The maximum Gasteiger partial charge on any atom is 0.119 e. The van der Waals surface area contributed by atoms with Gasteiger partial charge in [0.15, 0.2) is 0 Å². The fourth-order valence-corrected chi connectivity index (χ4v) is 2.33. The van der Waals surface area contributed by atoms with Crippen molar-refractivity contribution < 1.29 is 14.9 Å². The summed E-state index contributed by atoms with van der Waals surface area (Å²) in [6, 6.07) is 7.62. The summed E-state index contributed by atoms with van der Waals surface area (Å²) >= 11 is 0. The molecule has 0 aliphatic heterocycles. The van der Waals surface area contributed by atoms with E-state index in [2.05, 4.69) is 10.4 Å². The van der Waals surface area contributed by atoms with Crippen molar-refractivity contribution in [1.29, 1.82) is 0 Å². The number of benzene rings is 1. The van der Waals surface area contributed by atoms with E-state index in [1.54, 1.807) is 0 Å². The van der Waals surface area contributed by atoms with Crippen molar-refractivity contribution in [2.45, 2.75) is 26.9 Å². The Labute approximate surface area is 130 Å². The molecular weight excluding hydrogens is 282 g/mol. The second-order valence-electron chi connectivity index (χ2n) is 5.05. The van der Waals surface area contributed by atoms with Crippen LogP contribution in [0.4, 0.5) is 5.69 Å². The van der Waals surface area contributed by atoms with Gasteiger partial charge in [-0.3, -0.25) is 4.68 Å². The van der Waals surface area contributed by atoms with Crippen LogP contribution >= 0.6 is 0 Å². The zero-order valence-corrected chi connectivity index (χ0v) is 13.0. The van der Waals surface area contributed by atoms with Crippen LogP contribution in [0.3, 0.4) is 0 Å². The highest BCUT2D eigenvalue weighted by Crippen LogP contribution is 2.18. The van der Waals surface area contributed by atoms with Crippen LogP contribution in [0, 0.1) is 13.8 Å². The third-order valence-electron chi connectivity index (χ3n) is 3.53. The van der Waals surface area contributed by atoms with Gasteiger partial charge in [-0.1, -0.05) is 0 Å². The molecule has 1 aromatic carbocycles. The van der Waals surface area contributed by atoms with Crippen LogP contribution in [0.15, 0.2) is 24.3 Å². The van der Waals surface area contributed by atoms with Gasteiger partial charge in [-0.15, -0.1) is 0 Å². The second kappa shape index (κ2) is 7.82. The molecule has 0 unspecified atom stereocenters. The van der Waals surface area contributed by atoms with Crippen molar-refractivity contribution in [1.82, 2.24) is 9.78 Å². The Morgan fingerprint density at radius 3 is 2.50 bits per heavy atom. The molecule has 0 spiro atoms. The number of nitrogens with zero attached hydrogens (tertiary/aromatic N) is 2. The maximum absolute atomic E-state index is 9.04. The largest absolute Gasteiger partial charge is 0.491 e. The van der Waals surface area contributed by atoms with Crippen LogP contribution in [-0.4, -0.2) is 39.8 Å². The van der Waals surface area contributed by atoms with E-state index in [0.29, 0.717) is 19.7 Å². The number of nitrogens with one attached hydrogen (secondary N) is 1. The molecule has 3 N–H and O–H groups in total. The molecule has 0 fully saturated rings. The van der Waals surface area contributed by atoms with Crippen LogP contribution in [0.5, 0.6) is 5.75 Å². The number of anilines is 1. The average molecular weight is 305 g/mol. The van der Waals surface area contributed by atoms with Crippen LogP contribution < -0.4 is 10.1 Å². The van der Waals surface area contributed by atoms with E-state index in [4.69, 9.17) is 14.9 Å². The van der Waals surface area contributed by atoms with Gasteiger partial charge >= 0.3 is 0 Å². The monoisotopic (exact) mass is 305 g/mol. The minimum absolute atomic E-state index is 0.0103. The Morgan fingerprint density at radius 1 is 1.14 bits per heavy atom. The molecule has 22 heavy (non-hydrogen) atoms. The lowest BCUT2D eigenvalue weighted by Crippen LogP contribution is -2.07. The predicted molar refractivity (Wildman–Crippen MR) is 85.1 cm³/mol. The van der Waals surface area contributed by atoms with Gasteiger partial charge in [-0.2, -0.15) is 5.10 Å². The lowest BCUT2D eigenvalue weighted by Gasteiger charge is -2.09. The Bertz CT molecular complexity index is 593. The zero-order valence-electron chi connectivity index (χ0n) is 13.0. The molecule has 0 bridgehead atoms. The Balaban J connectivity index is 1.98. The molecular formula is C16H23N3O3. The second-order valence-corrected chi connectivity index (χ2v) is 5.05. The first-order valence-electron chi connectivity index (χ1n) is 7.37. The van der Waals surface area contributed by atoms with Crippen LogP contribution in [0.25, 0.3) is 0 Å². The number of rotatable bonds is 8. The van der Waals surface area contributed by atoms with Gasteiger partial charge in [-0.25, -0.2) is 0 Å². The summed E-state index contributed by atoms with van der Waals surface area (Å²) in [5.74, 6) is 0.739. The lowest BCUT2D eigenvalue weighted by atomic mass is 10.2. The SMILES string of the molecule is Cc1nn(CCO)c(C)c1CNc1ccc(OCCO)cc1. The fraction of sp³-hybridized carbons (Fsp3) is 0.438. The van der Waals surface area contributed by atoms with E-state index < -0.39 is 0 Å². The molecule has 120 valence electrons. The van der Waals surface area contributed by atoms with E-state index in [-0.39, 0.29) is 13.2 Å². The zero-order chi connectivity index (χ0) is 15.9. The standard InChI is InChI=1S/C16H23N3O3/c1-12-16(13(2)19(18-12)7-8-20)11-17-14-3-5-15(6-4-14)22-10-9-21/h3-6,17,20-21H,7-11H2,1-2H3. The molecule has 0 aliphatic carbocycles. The van der Waals surface area contributed by atoms with E-state index in [9.17, 15) is 0 Å². The van der Waals surface area contributed by atoms with Crippen LogP contribution in [0.1, 0.15) is 17.0 Å². The van der Waals surface area contributed by atoms with E-state index in [1.165, 1.54) is 0 Å². The van der Waals surface area contributed by atoms with Crippen molar-refractivity contribution in [2.24, 2.45) is 0 Å². The maximum atomic E-state index is 9.04. The van der Waals surface area contributed by atoms with Gasteiger partial charge in [0, 0.05) is 23.5 Å². The Hall–Kier alpha value is -2.05. The highest BCUT2D eigenvalue weighted by molar-refractivity contribution is 5.47. The van der Waals surface area contributed by atoms with E-state index >= 15 is 0 Å². The van der Waals surface area contributed by atoms with Gasteiger partial charge in [0.2, 0.25) is 0 Å². The Morgan fingerprint density at radius 2 is 1.86 bits per heavy atom. The van der Waals surface area contributed by atoms with Gasteiger partial charge in [0.05, 0.1) is 25.5 Å². The summed E-state index contributed by atoms with van der Waals surface area (Å²) in [7, 11) is 0.